The van der Waals surface area contributed by atoms with Crippen LogP contribution in [0, 0.1) is 0 Å². The number of aliphatic hydroxyl groups excluding tert-OH is 1. The molecule has 0 amide bonds. The standard InChI is InChI=1S/C6H11NO2/c8-5-2-1-3-7-4-6(5)9/h5,7-8H,1-4H2. The molecule has 2 N–H and O–H groups in total. The van der Waals surface area contributed by atoms with Gasteiger partial charge in [0, 0.05) is 0 Å². The van der Waals surface area contributed by atoms with Gasteiger partial charge in [-0.3, -0.25) is 4.79 Å². The van der Waals surface area contributed by atoms with Gasteiger partial charge in [0.05, 0.1) is 6.54 Å². The van der Waals surface area contributed by atoms with Gasteiger partial charge >= 0.3 is 0 Å². The molecule has 0 aromatic carbocycles. The minimum Gasteiger partial charge on any atom is -0.385 e. The molecule has 9 heavy (non-hydrogen) atoms. The van der Waals surface area contributed by atoms with Crippen LogP contribution in [0.3, 0.4) is 0 Å². The Morgan fingerprint density at radius 3 is 3.22 bits per heavy atom. The Morgan fingerprint density at radius 2 is 2.44 bits per heavy atom. The quantitative estimate of drug-likeness (QED) is 0.454. The van der Waals surface area contributed by atoms with Gasteiger partial charge in [0.2, 0.25) is 0 Å². The number of rotatable bonds is 0. The van der Waals surface area contributed by atoms with E-state index in [4.69, 9.17) is 5.11 Å². The van der Waals surface area contributed by atoms with Crippen molar-refractivity contribution in [2.24, 2.45) is 0 Å². The third-order valence-electron chi connectivity index (χ3n) is 1.50. The van der Waals surface area contributed by atoms with E-state index < -0.39 is 6.10 Å². The van der Waals surface area contributed by atoms with Crippen molar-refractivity contribution in [3.8, 4) is 0 Å². The second kappa shape index (κ2) is 2.94. The summed E-state index contributed by atoms with van der Waals surface area (Å²) in [6.45, 7) is 1.18. The molecular weight excluding hydrogens is 118 g/mol. The zero-order valence-electron chi connectivity index (χ0n) is 5.26. The summed E-state index contributed by atoms with van der Waals surface area (Å²) in [4.78, 5) is 10.7. The first-order valence-corrected chi connectivity index (χ1v) is 3.22. The van der Waals surface area contributed by atoms with Gasteiger partial charge in [-0.15, -0.1) is 0 Å². The minimum absolute atomic E-state index is 0.0764. The van der Waals surface area contributed by atoms with Crippen LogP contribution in [0.2, 0.25) is 0 Å². The molecule has 52 valence electrons. The number of carbonyl (C=O) groups is 1. The van der Waals surface area contributed by atoms with Gasteiger partial charge in [-0.2, -0.15) is 0 Å². The number of ketones is 1. The number of Topliss-reactive ketones (excluding diaryl/α,β-unsaturated/α-hetero) is 1. The summed E-state index contributed by atoms with van der Waals surface area (Å²) < 4.78 is 0. The first kappa shape index (κ1) is 6.71. The summed E-state index contributed by atoms with van der Waals surface area (Å²) in [5.74, 6) is -0.0764. The van der Waals surface area contributed by atoms with Crippen LogP contribution >= 0.6 is 0 Å². The van der Waals surface area contributed by atoms with Crippen molar-refractivity contribution in [2.45, 2.75) is 18.9 Å². The molecule has 0 aromatic heterocycles. The van der Waals surface area contributed by atoms with Crippen LogP contribution in [0.15, 0.2) is 0 Å². The van der Waals surface area contributed by atoms with Gasteiger partial charge in [0.15, 0.2) is 5.78 Å². The Hall–Kier alpha value is -0.410. The van der Waals surface area contributed by atoms with Crippen LogP contribution in [0.1, 0.15) is 12.8 Å². The van der Waals surface area contributed by atoms with Crippen molar-refractivity contribution >= 4 is 5.78 Å². The highest BCUT2D eigenvalue weighted by molar-refractivity contribution is 5.84. The molecule has 1 saturated heterocycles. The lowest BCUT2D eigenvalue weighted by Gasteiger charge is -2.01. The summed E-state index contributed by atoms with van der Waals surface area (Å²) in [7, 11) is 0. The van der Waals surface area contributed by atoms with Gasteiger partial charge < -0.3 is 10.4 Å². The molecule has 1 heterocycles. The molecule has 0 radical (unpaired) electrons. The Morgan fingerprint density at radius 1 is 1.67 bits per heavy atom. The molecule has 1 aliphatic heterocycles. The average molecular weight is 129 g/mol. The Balaban J connectivity index is 2.41. The monoisotopic (exact) mass is 129 g/mol. The molecule has 1 rings (SSSR count). The Kier molecular flexibility index (Phi) is 2.19. The minimum atomic E-state index is -0.708. The number of hydrogen-bond acceptors (Lipinski definition) is 3. The highest BCUT2D eigenvalue weighted by Gasteiger charge is 2.16. The van der Waals surface area contributed by atoms with Crippen molar-refractivity contribution in [2.75, 3.05) is 13.1 Å². The third-order valence-corrected chi connectivity index (χ3v) is 1.50. The van der Waals surface area contributed by atoms with E-state index in [2.05, 4.69) is 5.32 Å². The molecule has 1 fully saturated rings. The fourth-order valence-corrected chi connectivity index (χ4v) is 0.911. The van der Waals surface area contributed by atoms with Gasteiger partial charge in [-0.1, -0.05) is 0 Å². The molecule has 0 aromatic rings. The van der Waals surface area contributed by atoms with Crippen molar-refractivity contribution < 1.29 is 9.90 Å². The summed E-state index contributed by atoms with van der Waals surface area (Å²) in [5.41, 5.74) is 0. The lowest BCUT2D eigenvalue weighted by atomic mass is 10.1. The van der Waals surface area contributed by atoms with E-state index in [1.807, 2.05) is 0 Å². The van der Waals surface area contributed by atoms with E-state index in [0.29, 0.717) is 13.0 Å². The maximum Gasteiger partial charge on any atom is 0.174 e. The fourth-order valence-electron chi connectivity index (χ4n) is 0.911. The second-order valence-electron chi connectivity index (χ2n) is 2.30. The molecule has 0 bridgehead atoms. The number of nitrogens with one attached hydrogen (secondary N) is 1. The molecular formula is C6H11NO2. The Bertz CT molecular complexity index is 114. The number of aliphatic hydroxyl groups is 1. The highest BCUT2D eigenvalue weighted by atomic mass is 16.3. The summed E-state index contributed by atoms with van der Waals surface area (Å²) in [6.07, 6.45) is 0.804. The van der Waals surface area contributed by atoms with Gasteiger partial charge in [-0.05, 0) is 19.4 Å². The molecule has 1 atom stereocenters. The first-order valence-electron chi connectivity index (χ1n) is 3.22. The normalized spacial score (nSPS) is 29.9. The van der Waals surface area contributed by atoms with E-state index in [9.17, 15) is 4.79 Å². The SMILES string of the molecule is O=C1CNCCCC1O. The molecule has 3 heteroatoms. The van der Waals surface area contributed by atoms with Crippen molar-refractivity contribution in [1.82, 2.24) is 5.32 Å². The van der Waals surface area contributed by atoms with Crippen LogP contribution in [-0.4, -0.2) is 30.1 Å². The molecule has 0 saturated carbocycles. The number of carbonyl (C=O) groups excluding carboxylic acids is 1. The van der Waals surface area contributed by atoms with Gasteiger partial charge in [0.25, 0.3) is 0 Å². The predicted octanol–water partition coefficient (Wildman–Crippen LogP) is -0.700. The molecule has 1 aliphatic rings. The smallest absolute Gasteiger partial charge is 0.174 e. The largest absolute Gasteiger partial charge is 0.385 e. The Labute approximate surface area is 54.1 Å². The molecule has 1 unspecified atom stereocenters. The average Bonchev–Trinajstić information content (AvgIpc) is 1.99. The topological polar surface area (TPSA) is 49.3 Å². The summed E-state index contributed by atoms with van der Waals surface area (Å²) >= 11 is 0. The van der Waals surface area contributed by atoms with Gasteiger partial charge in [0.1, 0.15) is 6.10 Å². The van der Waals surface area contributed by atoms with Crippen molar-refractivity contribution in [3.63, 3.8) is 0 Å². The summed E-state index contributed by atoms with van der Waals surface area (Å²) in [6, 6.07) is 0. The van der Waals surface area contributed by atoms with E-state index >= 15 is 0 Å². The van der Waals surface area contributed by atoms with Crippen LogP contribution in [0.25, 0.3) is 0 Å². The molecule has 0 aliphatic carbocycles. The van der Waals surface area contributed by atoms with Crippen molar-refractivity contribution in [1.29, 1.82) is 0 Å². The lowest BCUT2D eigenvalue weighted by Crippen LogP contribution is -2.27. The van der Waals surface area contributed by atoms with Gasteiger partial charge in [-0.25, -0.2) is 0 Å². The van der Waals surface area contributed by atoms with Crippen LogP contribution in [0.4, 0.5) is 0 Å². The number of hydrogen-bond donors (Lipinski definition) is 2. The van der Waals surface area contributed by atoms with E-state index in [1.54, 1.807) is 0 Å². The second-order valence-corrected chi connectivity index (χ2v) is 2.30. The zero-order valence-corrected chi connectivity index (χ0v) is 5.26. The van der Waals surface area contributed by atoms with E-state index in [1.165, 1.54) is 0 Å². The fraction of sp³-hybridized carbons (Fsp3) is 0.833. The van der Waals surface area contributed by atoms with Crippen molar-refractivity contribution in [3.05, 3.63) is 0 Å². The van der Waals surface area contributed by atoms with E-state index in [0.717, 1.165) is 13.0 Å². The zero-order chi connectivity index (χ0) is 6.69. The first-order chi connectivity index (χ1) is 4.30. The maximum absolute atomic E-state index is 10.7. The third kappa shape index (κ3) is 1.77. The van der Waals surface area contributed by atoms with Crippen LogP contribution < -0.4 is 5.32 Å². The predicted molar refractivity (Wildman–Crippen MR) is 33.1 cm³/mol. The summed E-state index contributed by atoms with van der Waals surface area (Å²) in [5, 5.41) is 11.9. The molecule has 3 nitrogen and oxygen atoms in total. The molecule has 0 spiro atoms. The van der Waals surface area contributed by atoms with Crippen LogP contribution in [0.5, 0.6) is 0 Å². The van der Waals surface area contributed by atoms with E-state index in [-0.39, 0.29) is 5.78 Å². The highest BCUT2D eigenvalue weighted by Crippen LogP contribution is 2.00. The van der Waals surface area contributed by atoms with Crippen LogP contribution in [-0.2, 0) is 4.79 Å². The maximum atomic E-state index is 10.7. The lowest BCUT2D eigenvalue weighted by molar-refractivity contribution is -0.125.